The number of methoxy groups -OCH3 is 1. The summed E-state index contributed by atoms with van der Waals surface area (Å²) < 4.78 is 17.7. The van der Waals surface area contributed by atoms with Crippen LogP contribution in [0, 0.1) is 0 Å². The largest absolute Gasteiger partial charge is 0.375 e. The molecule has 8 rings (SSSR count). The van der Waals surface area contributed by atoms with Gasteiger partial charge >= 0.3 is 0 Å². The number of rotatable bonds is 2. The summed E-state index contributed by atoms with van der Waals surface area (Å²) in [7, 11) is 3.70. The number of benzene rings is 3. The van der Waals surface area contributed by atoms with Crippen molar-refractivity contribution in [1.82, 2.24) is 19.8 Å². The minimum atomic E-state index is -1.09. The van der Waals surface area contributed by atoms with E-state index in [2.05, 4.69) is 51.0 Å². The number of carbonyl (C=O) groups excluding carboxylic acids is 1. The highest BCUT2D eigenvalue weighted by atomic mass is 16.6. The molecule has 5 aromatic rings. The van der Waals surface area contributed by atoms with Crippen molar-refractivity contribution in [2.75, 3.05) is 14.2 Å². The molecule has 1 amide bonds. The molecule has 0 radical (unpaired) electrons. The molecule has 8 nitrogen and oxygen atoms in total. The van der Waals surface area contributed by atoms with E-state index in [4.69, 9.17) is 9.47 Å². The Hall–Kier alpha value is -3.43. The van der Waals surface area contributed by atoms with Crippen molar-refractivity contribution in [3.8, 4) is 0 Å². The van der Waals surface area contributed by atoms with Gasteiger partial charge in [0.15, 0.2) is 12.0 Å². The van der Waals surface area contributed by atoms with Gasteiger partial charge in [0.25, 0.3) is 5.91 Å². The zero-order chi connectivity index (χ0) is 24.5. The molecule has 0 saturated carbocycles. The minimum Gasteiger partial charge on any atom is -0.375 e. The number of carbonyl (C=O) groups is 1. The van der Waals surface area contributed by atoms with E-state index in [-0.39, 0.29) is 24.3 Å². The molecule has 3 aliphatic heterocycles. The number of fused-ring (bicyclic) bond motifs is 13. The quantitative estimate of drug-likeness (QED) is 0.356. The molecule has 8 heteroatoms. The van der Waals surface area contributed by atoms with Crippen LogP contribution < -0.4 is 10.6 Å². The van der Waals surface area contributed by atoms with Gasteiger partial charge in [-0.15, -0.1) is 0 Å². The first-order valence-corrected chi connectivity index (χ1v) is 12.4. The number of aliphatic hydroxyl groups is 1. The van der Waals surface area contributed by atoms with E-state index in [1.54, 1.807) is 7.11 Å². The molecule has 3 aromatic carbocycles. The lowest BCUT2D eigenvalue weighted by Crippen LogP contribution is -2.59. The molecule has 1 unspecified atom stereocenters. The van der Waals surface area contributed by atoms with Crippen LogP contribution in [0.4, 0.5) is 0 Å². The number of para-hydroxylation sites is 2. The summed E-state index contributed by atoms with van der Waals surface area (Å²) in [6.07, 6.45) is -0.941. The number of nitrogens with zero attached hydrogens (tertiary/aromatic N) is 2. The van der Waals surface area contributed by atoms with Crippen molar-refractivity contribution in [3.63, 3.8) is 0 Å². The first-order valence-electron chi connectivity index (χ1n) is 12.4. The number of amides is 1. The van der Waals surface area contributed by atoms with Gasteiger partial charge in [-0.1, -0.05) is 36.4 Å². The highest BCUT2D eigenvalue weighted by Crippen LogP contribution is 2.54. The van der Waals surface area contributed by atoms with Crippen LogP contribution in [0.25, 0.3) is 43.6 Å². The molecule has 2 bridgehead atoms. The molecular formula is C28H26N4O4. The number of aromatic nitrogens is 2. The van der Waals surface area contributed by atoms with E-state index in [1.807, 2.05) is 31.3 Å². The van der Waals surface area contributed by atoms with Gasteiger partial charge in [-0.25, -0.2) is 0 Å². The second-order valence-electron chi connectivity index (χ2n) is 10.3. The maximum absolute atomic E-state index is 13.4. The van der Waals surface area contributed by atoms with Gasteiger partial charge in [-0.05, 0) is 26.1 Å². The fraction of sp³-hybridized carbons (Fsp3) is 0.321. The van der Waals surface area contributed by atoms with Gasteiger partial charge in [0.1, 0.15) is 12.3 Å². The lowest BCUT2D eigenvalue weighted by Gasteiger charge is -2.48. The summed E-state index contributed by atoms with van der Waals surface area (Å²) in [5.74, 6) is -0.249. The molecule has 2 aromatic heterocycles. The van der Waals surface area contributed by atoms with Crippen molar-refractivity contribution < 1.29 is 19.4 Å². The Morgan fingerprint density at radius 3 is 2.50 bits per heavy atom. The fourth-order valence-electron chi connectivity index (χ4n) is 7.38. The SMILES string of the molecule is CN[C@H]1CC2O[C@](C)([C@@H]1OC)n1c3ccccc3c3c4c(c5c6ccccc6n2c5c31)C(=O)N[C@@H]4O. The van der Waals surface area contributed by atoms with Crippen molar-refractivity contribution in [2.24, 2.45) is 0 Å². The third-order valence-corrected chi connectivity index (χ3v) is 8.65. The molecule has 182 valence electrons. The number of likely N-dealkylation sites (N-methyl/N-ethyl adjacent to an activating group) is 1. The van der Waals surface area contributed by atoms with Crippen LogP contribution in [0.3, 0.4) is 0 Å². The predicted octanol–water partition coefficient (Wildman–Crippen LogP) is 3.84. The van der Waals surface area contributed by atoms with Gasteiger partial charge < -0.3 is 34.3 Å². The third kappa shape index (κ3) is 2.15. The van der Waals surface area contributed by atoms with Gasteiger partial charge in [0.2, 0.25) is 0 Å². The average molecular weight is 483 g/mol. The first kappa shape index (κ1) is 20.7. The van der Waals surface area contributed by atoms with E-state index < -0.39 is 12.0 Å². The molecule has 3 N–H and O–H groups in total. The number of ether oxygens (including phenoxy) is 2. The summed E-state index contributed by atoms with van der Waals surface area (Å²) in [4.78, 5) is 13.4. The lowest BCUT2D eigenvalue weighted by molar-refractivity contribution is -0.256. The molecule has 36 heavy (non-hydrogen) atoms. The zero-order valence-electron chi connectivity index (χ0n) is 20.2. The molecule has 3 aliphatic rings. The summed E-state index contributed by atoms with van der Waals surface area (Å²) >= 11 is 0. The molecule has 0 spiro atoms. The van der Waals surface area contributed by atoms with Crippen LogP contribution in [0.1, 0.15) is 41.7 Å². The summed E-state index contributed by atoms with van der Waals surface area (Å²) in [6.45, 7) is 2.09. The monoisotopic (exact) mass is 482 g/mol. The van der Waals surface area contributed by atoms with Crippen molar-refractivity contribution >= 4 is 49.5 Å². The van der Waals surface area contributed by atoms with E-state index in [0.29, 0.717) is 17.5 Å². The van der Waals surface area contributed by atoms with Gasteiger partial charge in [-0.3, -0.25) is 4.79 Å². The Bertz CT molecular complexity index is 1790. The molecule has 5 heterocycles. The molecule has 1 fully saturated rings. The number of aliphatic hydroxyl groups excluding tert-OH is 1. The smallest absolute Gasteiger partial charge is 0.254 e. The first-order chi connectivity index (χ1) is 17.5. The Balaban J connectivity index is 1.73. The van der Waals surface area contributed by atoms with Gasteiger partial charge in [0.05, 0.1) is 27.6 Å². The molecule has 0 aliphatic carbocycles. The summed E-state index contributed by atoms with van der Waals surface area (Å²) in [5.41, 5.74) is 4.25. The lowest BCUT2D eigenvalue weighted by atomic mass is 9.93. The van der Waals surface area contributed by atoms with E-state index >= 15 is 0 Å². The number of nitrogens with one attached hydrogen (secondary N) is 2. The second-order valence-corrected chi connectivity index (χ2v) is 10.3. The minimum absolute atomic E-state index is 0.0289. The van der Waals surface area contributed by atoms with Crippen LogP contribution in [-0.4, -0.2) is 46.5 Å². The Labute approximate surface area is 206 Å². The molecular weight excluding hydrogens is 456 g/mol. The molecule has 1 saturated heterocycles. The van der Waals surface area contributed by atoms with Crippen LogP contribution in [0.2, 0.25) is 0 Å². The Morgan fingerprint density at radius 2 is 1.78 bits per heavy atom. The topological polar surface area (TPSA) is 89.7 Å². The molecule has 5 atom stereocenters. The fourth-order valence-corrected chi connectivity index (χ4v) is 7.38. The predicted molar refractivity (Wildman–Crippen MR) is 137 cm³/mol. The Morgan fingerprint density at radius 1 is 1.08 bits per heavy atom. The van der Waals surface area contributed by atoms with Crippen molar-refractivity contribution in [3.05, 3.63) is 59.7 Å². The van der Waals surface area contributed by atoms with Crippen LogP contribution in [0.5, 0.6) is 0 Å². The second kappa shape index (κ2) is 6.66. The number of hydrogen-bond acceptors (Lipinski definition) is 5. The van der Waals surface area contributed by atoms with Crippen LogP contribution in [0.15, 0.2) is 48.5 Å². The van der Waals surface area contributed by atoms with E-state index in [1.165, 1.54) is 0 Å². The highest BCUT2D eigenvalue weighted by Gasteiger charge is 2.53. The van der Waals surface area contributed by atoms with Crippen LogP contribution >= 0.6 is 0 Å². The standard InChI is InChI=1S/C28H26N4O4/c1-28-25(35-3)15(29-2)12-18(36-28)31-16-10-6-4-8-13(16)19-21-22(27(34)30-26(21)33)20-14-9-5-7-11-17(14)32(28)24(20)23(19)31/h4-11,15,18,25,27,29,34H,12H2,1-3H3,(H,30,33)/t15-,18?,25+,27+,28+/m0/s1. The maximum atomic E-state index is 13.4. The van der Waals surface area contributed by atoms with Crippen molar-refractivity contribution in [1.29, 1.82) is 0 Å². The highest BCUT2D eigenvalue weighted by molar-refractivity contribution is 6.31. The summed E-state index contributed by atoms with van der Waals surface area (Å²) in [5, 5.41) is 21.1. The number of hydrogen-bond donors (Lipinski definition) is 3. The van der Waals surface area contributed by atoms with Gasteiger partial charge in [0, 0.05) is 46.7 Å². The van der Waals surface area contributed by atoms with Crippen LogP contribution in [-0.2, 0) is 15.2 Å². The van der Waals surface area contributed by atoms with Gasteiger partial charge in [-0.2, -0.15) is 0 Å². The Kier molecular flexibility index (Phi) is 3.83. The van der Waals surface area contributed by atoms with E-state index in [9.17, 15) is 9.90 Å². The zero-order valence-corrected chi connectivity index (χ0v) is 20.2. The van der Waals surface area contributed by atoms with E-state index in [0.717, 1.165) is 43.6 Å². The van der Waals surface area contributed by atoms with Crippen molar-refractivity contribution in [2.45, 2.75) is 43.7 Å². The summed E-state index contributed by atoms with van der Waals surface area (Å²) in [6, 6.07) is 16.4. The normalized spacial score (nSPS) is 28.9. The third-order valence-electron chi connectivity index (χ3n) is 8.65. The maximum Gasteiger partial charge on any atom is 0.254 e. The average Bonchev–Trinajstić information content (AvgIpc) is 3.48.